The molecule has 2 aromatic carbocycles. The molecule has 4 aromatic rings. The molecule has 0 bridgehead atoms. The maximum Gasteiger partial charge on any atom is 0.306 e. The molecule has 0 aliphatic carbocycles. The number of ether oxygens (including phenoxy) is 1. The number of methoxy groups -OCH3 is 1. The standard InChI is InChI=1S/C20H17FN6O3/c1-26-10-13(12-5-3-4-6-15(12)26)17-18(30-2)19(22)25-20(24-17)23-11-7-8-14(21)16(9-11)27(28)29/h3-10H,1-2H3,(H3,22,23,24,25). The number of hydrogen-bond acceptors (Lipinski definition) is 7. The van der Waals surface area contributed by atoms with E-state index in [0.29, 0.717) is 11.4 Å². The number of para-hydroxylation sites is 1. The molecule has 0 saturated heterocycles. The first-order valence-electron chi connectivity index (χ1n) is 8.86. The Bertz CT molecular complexity index is 1290. The molecule has 0 aliphatic heterocycles. The van der Waals surface area contributed by atoms with Gasteiger partial charge < -0.3 is 20.4 Å². The zero-order valence-electron chi connectivity index (χ0n) is 16.1. The number of aromatic nitrogens is 3. The molecule has 2 heterocycles. The van der Waals surface area contributed by atoms with E-state index in [1.807, 2.05) is 42.1 Å². The first-order valence-corrected chi connectivity index (χ1v) is 8.86. The summed E-state index contributed by atoms with van der Waals surface area (Å²) in [6, 6.07) is 11.2. The summed E-state index contributed by atoms with van der Waals surface area (Å²) in [5.74, 6) is -0.439. The van der Waals surface area contributed by atoms with Crippen molar-refractivity contribution in [1.82, 2.24) is 14.5 Å². The number of rotatable bonds is 5. The summed E-state index contributed by atoms with van der Waals surface area (Å²) in [6.07, 6.45) is 1.90. The zero-order valence-corrected chi connectivity index (χ0v) is 16.1. The second-order valence-electron chi connectivity index (χ2n) is 6.53. The van der Waals surface area contributed by atoms with Crippen molar-refractivity contribution < 1.29 is 14.1 Å². The van der Waals surface area contributed by atoms with Gasteiger partial charge in [-0.1, -0.05) is 18.2 Å². The smallest absolute Gasteiger partial charge is 0.306 e. The quantitative estimate of drug-likeness (QED) is 0.378. The van der Waals surface area contributed by atoms with Crippen LogP contribution < -0.4 is 15.8 Å². The molecule has 0 spiro atoms. The SMILES string of the molecule is COc1c(N)nc(Nc2ccc(F)c([N+](=O)[O-])c2)nc1-c1cn(C)c2ccccc12. The fourth-order valence-electron chi connectivity index (χ4n) is 3.30. The largest absolute Gasteiger partial charge is 0.491 e. The van der Waals surface area contributed by atoms with Gasteiger partial charge in [0.05, 0.1) is 12.0 Å². The van der Waals surface area contributed by atoms with Crippen LogP contribution in [0.15, 0.2) is 48.7 Å². The number of benzene rings is 2. The van der Waals surface area contributed by atoms with Crippen LogP contribution in [0.25, 0.3) is 22.2 Å². The highest BCUT2D eigenvalue weighted by Crippen LogP contribution is 2.38. The Hall–Kier alpha value is -4.21. The van der Waals surface area contributed by atoms with E-state index in [1.165, 1.54) is 13.2 Å². The van der Waals surface area contributed by atoms with Crippen LogP contribution in [0.4, 0.5) is 27.5 Å². The van der Waals surface area contributed by atoms with Gasteiger partial charge in [-0.25, -0.2) is 4.98 Å². The molecule has 10 heteroatoms. The Morgan fingerprint density at radius 1 is 1.23 bits per heavy atom. The molecular formula is C20H17FN6O3. The number of halogens is 1. The predicted octanol–water partition coefficient (Wildman–Crippen LogP) is 4.02. The first-order chi connectivity index (χ1) is 14.4. The monoisotopic (exact) mass is 408 g/mol. The molecule has 0 fully saturated rings. The molecule has 152 valence electrons. The van der Waals surface area contributed by atoms with Crippen LogP contribution in [-0.2, 0) is 7.05 Å². The molecular weight excluding hydrogens is 391 g/mol. The lowest BCUT2D eigenvalue weighted by atomic mass is 10.1. The minimum absolute atomic E-state index is 0.0922. The summed E-state index contributed by atoms with van der Waals surface area (Å²) >= 11 is 0. The van der Waals surface area contributed by atoms with Gasteiger partial charge in [-0.05, 0) is 18.2 Å². The van der Waals surface area contributed by atoms with E-state index < -0.39 is 16.4 Å². The van der Waals surface area contributed by atoms with Crippen LogP contribution in [0.1, 0.15) is 0 Å². The Morgan fingerprint density at radius 3 is 2.73 bits per heavy atom. The Labute approximate surface area is 170 Å². The van der Waals surface area contributed by atoms with Crippen LogP contribution in [0.5, 0.6) is 5.75 Å². The molecule has 9 nitrogen and oxygen atoms in total. The van der Waals surface area contributed by atoms with Crippen molar-refractivity contribution in [2.75, 3.05) is 18.2 Å². The van der Waals surface area contributed by atoms with E-state index in [9.17, 15) is 14.5 Å². The van der Waals surface area contributed by atoms with Crippen molar-refractivity contribution >= 4 is 34.0 Å². The molecule has 0 amide bonds. The summed E-state index contributed by atoms with van der Waals surface area (Å²) in [4.78, 5) is 18.9. The molecule has 0 unspecified atom stereocenters. The van der Waals surface area contributed by atoms with Gasteiger partial charge in [0, 0.05) is 41.5 Å². The van der Waals surface area contributed by atoms with Gasteiger partial charge in [0.1, 0.15) is 5.69 Å². The average molecular weight is 408 g/mol. The van der Waals surface area contributed by atoms with E-state index >= 15 is 0 Å². The van der Waals surface area contributed by atoms with E-state index in [2.05, 4.69) is 15.3 Å². The highest BCUT2D eigenvalue weighted by atomic mass is 19.1. The van der Waals surface area contributed by atoms with Gasteiger partial charge >= 0.3 is 5.69 Å². The molecule has 0 atom stereocenters. The lowest BCUT2D eigenvalue weighted by Crippen LogP contribution is -2.05. The van der Waals surface area contributed by atoms with Crippen LogP contribution >= 0.6 is 0 Å². The van der Waals surface area contributed by atoms with E-state index in [4.69, 9.17) is 10.5 Å². The van der Waals surface area contributed by atoms with Crippen LogP contribution in [0.2, 0.25) is 0 Å². The highest BCUT2D eigenvalue weighted by Gasteiger charge is 2.20. The third kappa shape index (κ3) is 3.24. The molecule has 4 rings (SSSR count). The van der Waals surface area contributed by atoms with E-state index in [1.54, 1.807) is 0 Å². The molecule has 0 radical (unpaired) electrons. The number of nitrogen functional groups attached to an aromatic ring is 1. The van der Waals surface area contributed by atoms with Crippen molar-refractivity contribution in [2.24, 2.45) is 7.05 Å². The number of aryl methyl sites for hydroxylation is 1. The highest BCUT2D eigenvalue weighted by molar-refractivity contribution is 5.97. The number of nitro benzene ring substituents is 1. The van der Waals surface area contributed by atoms with Gasteiger partial charge in [-0.15, -0.1) is 0 Å². The number of nitrogens with one attached hydrogen (secondary N) is 1. The van der Waals surface area contributed by atoms with Crippen molar-refractivity contribution in [2.45, 2.75) is 0 Å². The van der Waals surface area contributed by atoms with Gasteiger partial charge in [0.15, 0.2) is 11.6 Å². The zero-order chi connectivity index (χ0) is 21.4. The second kappa shape index (κ2) is 7.32. The maximum atomic E-state index is 13.6. The third-order valence-corrected chi connectivity index (χ3v) is 4.65. The Kier molecular flexibility index (Phi) is 4.66. The number of nitrogens with zero attached hydrogens (tertiary/aromatic N) is 4. The molecule has 2 aromatic heterocycles. The minimum Gasteiger partial charge on any atom is -0.491 e. The summed E-state index contributed by atoms with van der Waals surface area (Å²) < 4.78 is 21.0. The fraction of sp³-hybridized carbons (Fsp3) is 0.100. The molecule has 30 heavy (non-hydrogen) atoms. The van der Waals surface area contributed by atoms with Crippen LogP contribution in [-0.4, -0.2) is 26.6 Å². The normalized spacial score (nSPS) is 10.9. The second-order valence-corrected chi connectivity index (χ2v) is 6.53. The number of nitro groups is 1. The molecule has 3 N–H and O–H groups in total. The maximum absolute atomic E-state index is 13.6. The van der Waals surface area contributed by atoms with E-state index in [0.717, 1.165) is 28.6 Å². The van der Waals surface area contributed by atoms with Crippen molar-refractivity contribution in [3.63, 3.8) is 0 Å². The Balaban J connectivity index is 1.83. The summed E-state index contributed by atoms with van der Waals surface area (Å²) in [5, 5.41) is 14.8. The van der Waals surface area contributed by atoms with Crippen molar-refractivity contribution in [1.29, 1.82) is 0 Å². The fourth-order valence-corrected chi connectivity index (χ4v) is 3.30. The summed E-state index contributed by atoms with van der Waals surface area (Å²) in [5.41, 5.74) is 7.92. The van der Waals surface area contributed by atoms with Gasteiger partial charge in [0.2, 0.25) is 11.8 Å². The van der Waals surface area contributed by atoms with Gasteiger partial charge in [-0.3, -0.25) is 10.1 Å². The number of fused-ring (bicyclic) bond motifs is 1. The number of anilines is 3. The average Bonchev–Trinajstić information content (AvgIpc) is 3.05. The summed E-state index contributed by atoms with van der Waals surface area (Å²) in [7, 11) is 3.39. The third-order valence-electron chi connectivity index (χ3n) is 4.65. The molecule has 0 saturated carbocycles. The van der Waals surface area contributed by atoms with Gasteiger partial charge in [0.25, 0.3) is 0 Å². The van der Waals surface area contributed by atoms with Crippen LogP contribution in [0, 0.1) is 15.9 Å². The lowest BCUT2D eigenvalue weighted by molar-refractivity contribution is -0.387. The summed E-state index contributed by atoms with van der Waals surface area (Å²) in [6.45, 7) is 0. The lowest BCUT2D eigenvalue weighted by Gasteiger charge is -2.12. The minimum atomic E-state index is -0.933. The topological polar surface area (TPSA) is 121 Å². The number of nitrogens with two attached hydrogens (primary N) is 1. The van der Waals surface area contributed by atoms with Crippen LogP contribution in [0.3, 0.4) is 0 Å². The predicted molar refractivity (Wildman–Crippen MR) is 111 cm³/mol. The first kappa shape index (κ1) is 19.1. The Morgan fingerprint density at radius 2 is 2.00 bits per heavy atom. The van der Waals surface area contributed by atoms with Gasteiger partial charge in [-0.2, -0.15) is 9.37 Å². The van der Waals surface area contributed by atoms with E-state index in [-0.39, 0.29) is 17.5 Å². The number of hydrogen-bond donors (Lipinski definition) is 2. The van der Waals surface area contributed by atoms with Crippen molar-refractivity contribution in [3.8, 4) is 17.0 Å². The van der Waals surface area contributed by atoms with Crippen molar-refractivity contribution in [3.05, 3.63) is 64.6 Å². The molecule has 0 aliphatic rings.